The molecule has 0 aliphatic heterocycles. The second kappa shape index (κ2) is 10.7. The van der Waals surface area contributed by atoms with Crippen molar-refractivity contribution in [1.29, 1.82) is 0 Å². The standard InChI is InChI=1S/C15H30N2O3/c1-12(2)7-5-8-13(3)16-14(18)11-17(4)10-6-9-15(19)20/h12-13H,5-11H2,1-4H3,(H,16,18)(H,19,20). The number of aliphatic carboxylic acids is 1. The Morgan fingerprint density at radius 1 is 1.15 bits per heavy atom. The molecule has 0 bridgehead atoms. The highest BCUT2D eigenvalue weighted by molar-refractivity contribution is 5.78. The Balaban J connectivity index is 3.72. The largest absolute Gasteiger partial charge is 0.481 e. The lowest BCUT2D eigenvalue weighted by molar-refractivity contribution is -0.137. The predicted octanol–water partition coefficient (Wildman–Crippen LogP) is 2.11. The molecule has 2 N–H and O–H groups in total. The zero-order valence-electron chi connectivity index (χ0n) is 13.3. The molecule has 0 saturated carbocycles. The SMILES string of the molecule is CC(C)CCCC(C)NC(=O)CN(C)CCCC(=O)O. The Hall–Kier alpha value is -1.10. The second-order valence-electron chi connectivity index (χ2n) is 6.03. The third-order valence-electron chi connectivity index (χ3n) is 3.17. The van der Waals surface area contributed by atoms with Crippen molar-refractivity contribution in [2.75, 3.05) is 20.1 Å². The van der Waals surface area contributed by atoms with Gasteiger partial charge in [0.2, 0.25) is 5.91 Å². The quantitative estimate of drug-likeness (QED) is 0.610. The normalized spacial score (nSPS) is 12.7. The van der Waals surface area contributed by atoms with Gasteiger partial charge in [-0.25, -0.2) is 0 Å². The van der Waals surface area contributed by atoms with Crippen LogP contribution in [0.4, 0.5) is 0 Å². The molecule has 5 nitrogen and oxygen atoms in total. The van der Waals surface area contributed by atoms with E-state index >= 15 is 0 Å². The van der Waals surface area contributed by atoms with Gasteiger partial charge in [-0.05, 0) is 39.3 Å². The second-order valence-corrected chi connectivity index (χ2v) is 6.03. The molecule has 0 radical (unpaired) electrons. The van der Waals surface area contributed by atoms with Gasteiger partial charge in [-0.3, -0.25) is 14.5 Å². The van der Waals surface area contributed by atoms with Crippen molar-refractivity contribution in [2.45, 2.75) is 58.9 Å². The van der Waals surface area contributed by atoms with Crippen molar-refractivity contribution in [3.8, 4) is 0 Å². The summed E-state index contributed by atoms with van der Waals surface area (Å²) < 4.78 is 0. The Bertz CT molecular complexity index is 293. The number of carbonyl (C=O) groups excluding carboxylic acids is 1. The molecule has 0 aromatic carbocycles. The maximum Gasteiger partial charge on any atom is 0.303 e. The van der Waals surface area contributed by atoms with Crippen LogP contribution in [-0.2, 0) is 9.59 Å². The summed E-state index contributed by atoms with van der Waals surface area (Å²) >= 11 is 0. The van der Waals surface area contributed by atoms with Crippen molar-refractivity contribution >= 4 is 11.9 Å². The summed E-state index contributed by atoms with van der Waals surface area (Å²) in [6.07, 6.45) is 4.05. The fraction of sp³-hybridized carbons (Fsp3) is 0.867. The number of amides is 1. The lowest BCUT2D eigenvalue weighted by Gasteiger charge is -2.19. The summed E-state index contributed by atoms with van der Waals surface area (Å²) in [6, 6.07) is 0.202. The highest BCUT2D eigenvalue weighted by atomic mass is 16.4. The van der Waals surface area contributed by atoms with Crippen LogP contribution in [0.5, 0.6) is 0 Å². The van der Waals surface area contributed by atoms with Crippen molar-refractivity contribution in [1.82, 2.24) is 10.2 Å². The van der Waals surface area contributed by atoms with Gasteiger partial charge in [0, 0.05) is 12.5 Å². The summed E-state index contributed by atoms with van der Waals surface area (Å²) in [5.41, 5.74) is 0. The van der Waals surface area contributed by atoms with Crippen LogP contribution >= 0.6 is 0 Å². The van der Waals surface area contributed by atoms with Gasteiger partial charge < -0.3 is 10.4 Å². The average molecular weight is 286 g/mol. The number of hydrogen-bond acceptors (Lipinski definition) is 3. The molecule has 0 heterocycles. The summed E-state index contributed by atoms with van der Waals surface area (Å²) in [5, 5.41) is 11.5. The zero-order valence-corrected chi connectivity index (χ0v) is 13.3. The molecule has 1 unspecified atom stereocenters. The number of nitrogens with zero attached hydrogens (tertiary/aromatic N) is 1. The fourth-order valence-corrected chi connectivity index (χ4v) is 2.05. The molecule has 0 aliphatic carbocycles. The van der Waals surface area contributed by atoms with Crippen LogP contribution in [0.3, 0.4) is 0 Å². The number of carboxylic acid groups (broad SMARTS) is 1. The number of hydrogen-bond donors (Lipinski definition) is 2. The van der Waals surface area contributed by atoms with Crippen molar-refractivity contribution in [3.05, 3.63) is 0 Å². The Labute approximate surface area is 122 Å². The molecule has 0 aromatic rings. The molecule has 0 spiro atoms. The predicted molar refractivity (Wildman–Crippen MR) is 80.7 cm³/mol. The van der Waals surface area contributed by atoms with E-state index in [0.717, 1.165) is 12.8 Å². The van der Waals surface area contributed by atoms with E-state index in [9.17, 15) is 9.59 Å². The molecule has 0 fully saturated rings. The first-order chi connectivity index (χ1) is 9.31. The number of rotatable bonds is 11. The van der Waals surface area contributed by atoms with Crippen LogP contribution in [0.2, 0.25) is 0 Å². The van der Waals surface area contributed by atoms with Gasteiger partial charge in [0.25, 0.3) is 0 Å². The first-order valence-electron chi connectivity index (χ1n) is 7.51. The minimum absolute atomic E-state index is 0.0138. The third-order valence-corrected chi connectivity index (χ3v) is 3.17. The average Bonchev–Trinajstić information content (AvgIpc) is 2.26. The Kier molecular flexibility index (Phi) is 10.1. The van der Waals surface area contributed by atoms with Crippen LogP contribution in [0.1, 0.15) is 52.9 Å². The molecule has 20 heavy (non-hydrogen) atoms. The van der Waals surface area contributed by atoms with Crippen LogP contribution in [0.25, 0.3) is 0 Å². The monoisotopic (exact) mass is 286 g/mol. The zero-order chi connectivity index (χ0) is 15.5. The number of nitrogens with one attached hydrogen (secondary N) is 1. The van der Waals surface area contributed by atoms with E-state index in [2.05, 4.69) is 19.2 Å². The molecule has 0 rings (SSSR count). The number of likely N-dealkylation sites (N-methyl/N-ethyl adjacent to an activating group) is 1. The maximum absolute atomic E-state index is 11.8. The van der Waals surface area contributed by atoms with Crippen molar-refractivity contribution in [3.63, 3.8) is 0 Å². The summed E-state index contributed by atoms with van der Waals surface area (Å²) in [5.74, 6) is -0.0697. The first kappa shape index (κ1) is 18.9. The minimum Gasteiger partial charge on any atom is -0.481 e. The van der Waals surface area contributed by atoms with Gasteiger partial charge >= 0.3 is 5.97 Å². The highest BCUT2D eigenvalue weighted by Gasteiger charge is 2.10. The number of carbonyl (C=O) groups is 2. The van der Waals surface area contributed by atoms with E-state index in [0.29, 0.717) is 25.4 Å². The van der Waals surface area contributed by atoms with Crippen molar-refractivity contribution < 1.29 is 14.7 Å². The molecule has 1 atom stereocenters. The molecule has 0 saturated heterocycles. The third kappa shape index (κ3) is 12.0. The van der Waals surface area contributed by atoms with E-state index in [1.807, 2.05) is 18.9 Å². The molecular weight excluding hydrogens is 256 g/mol. The van der Waals surface area contributed by atoms with Crippen LogP contribution in [-0.4, -0.2) is 48.1 Å². The molecular formula is C15H30N2O3. The van der Waals surface area contributed by atoms with E-state index in [1.54, 1.807) is 0 Å². The van der Waals surface area contributed by atoms with E-state index in [4.69, 9.17) is 5.11 Å². The van der Waals surface area contributed by atoms with Gasteiger partial charge in [-0.15, -0.1) is 0 Å². The van der Waals surface area contributed by atoms with E-state index in [1.165, 1.54) is 6.42 Å². The topological polar surface area (TPSA) is 69.6 Å². The summed E-state index contributed by atoms with van der Waals surface area (Å²) in [6.45, 7) is 7.39. The van der Waals surface area contributed by atoms with Gasteiger partial charge in [0.1, 0.15) is 0 Å². The van der Waals surface area contributed by atoms with Crippen LogP contribution in [0, 0.1) is 5.92 Å². The molecule has 5 heteroatoms. The van der Waals surface area contributed by atoms with Gasteiger partial charge in [0.05, 0.1) is 6.54 Å². The first-order valence-corrected chi connectivity index (χ1v) is 7.51. The highest BCUT2D eigenvalue weighted by Crippen LogP contribution is 2.08. The Morgan fingerprint density at radius 2 is 1.80 bits per heavy atom. The van der Waals surface area contributed by atoms with E-state index < -0.39 is 5.97 Å². The lowest BCUT2D eigenvalue weighted by Crippen LogP contribution is -2.40. The van der Waals surface area contributed by atoms with Crippen LogP contribution < -0.4 is 5.32 Å². The van der Waals surface area contributed by atoms with Crippen LogP contribution in [0.15, 0.2) is 0 Å². The van der Waals surface area contributed by atoms with Gasteiger partial charge in [-0.1, -0.05) is 26.7 Å². The molecule has 1 amide bonds. The fourth-order valence-electron chi connectivity index (χ4n) is 2.05. The molecule has 118 valence electrons. The Morgan fingerprint density at radius 3 is 2.35 bits per heavy atom. The summed E-state index contributed by atoms with van der Waals surface area (Å²) in [4.78, 5) is 24.0. The minimum atomic E-state index is -0.790. The maximum atomic E-state index is 11.8. The van der Waals surface area contributed by atoms with Gasteiger partial charge in [-0.2, -0.15) is 0 Å². The smallest absolute Gasteiger partial charge is 0.303 e. The van der Waals surface area contributed by atoms with E-state index in [-0.39, 0.29) is 18.4 Å². The number of carboxylic acids is 1. The van der Waals surface area contributed by atoms with Gasteiger partial charge in [0.15, 0.2) is 0 Å². The summed E-state index contributed by atoms with van der Waals surface area (Å²) in [7, 11) is 1.84. The molecule has 0 aromatic heterocycles. The van der Waals surface area contributed by atoms with Crippen molar-refractivity contribution in [2.24, 2.45) is 5.92 Å². The molecule has 0 aliphatic rings. The lowest BCUT2D eigenvalue weighted by atomic mass is 10.0.